The van der Waals surface area contributed by atoms with Gasteiger partial charge in [-0.15, -0.1) is 0 Å². The van der Waals surface area contributed by atoms with Crippen molar-refractivity contribution in [2.45, 2.75) is 26.7 Å². The van der Waals surface area contributed by atoms with Gasteiger partial charge in [-0.25, -0.2) is 0 Å². The molecule has 2 amide bonds. The molecule has 0 saturated carbocycles. The topological polar surface area (TPSA) is 83.7 Å². The molecular formula is C24H25N3O4. The van der Waals surface area contributed by atoms with E-state index in [-0.39, 0.29) is 24.5 Å². The zero-order valence-electron chi connectivity index (χ0n) is 17.7. The van der Waals surface area contributed by atoms with Crippen molar-refractivity contribution in [1.82, 2.24) is 9.88 Å². The van der Waals surface area contributed by atoms with Gasteiger partial charge in [0.2, 0.25) is 12.7 Å². The second kappa shape index (κ2) is 7.65. The predicted molar refractivity (Wildman–Crippen MR) is 118 cm³/mol. The Morgan fingerprint density at radius 1 is 1.03 bits per heavy atom. The largest absolute Gasteiger partial charge is 0.454 e. The molecule has 3 heterocycles. The number of likely N-dealkylation sites (tertiary alicyclic amines) is 1. The van der Waals surface area contributed by atoms with E-state index in [0.717, 1.165) is 16.5 Å². The molecule has 7 nitrogen and oxygen atoms in total. The number of nitrogens with one attached hydrogen (secondary N) is 2. The van der Waals surface area contributed by atoms with E-state index in [9.17, 15) is 9.59 Å². The number of piperidine rings is 1. The van der Waals surface area contributed by atoms with Crippen molar-refractivity contribution >= 4 is 28.4 Å². The fourth-order valence-electron chi connectivity index (χ4n) is 4.45. The molecule has 0 bridgehead atoms. The maximum atomic E-state index is 13.0. The van der Waals surface area contributed by atoms with E-state index in [2.05, 4.69) is 29.4 Å². The average Bonchev–Trinajstić information content (AvgIpc) is 3.40. The minimum Gasteiger partial charge on any atom is -0.454 e. The highest BCUT2D eigenvalue weighted by molar-refractivity contribution is 5.99. The minimum absolute atomic E-state index is 0.0112. The summed E-state index contributed by atoms with van der Waals surface area (Å²) >= 11 is 0. The number of carbonyl (C=O) groups excluding carboxylic acids is 2. The van der Waals surface area contributed by atoms with Gasteiger partial charge in [0.05, 0.1) is 0 Å². The smallest absolute Gasteiger partial charge is 0.270 e. The Labute approximate surface area is 180 Å². The van der Waals surface area contributed by atoms with Gasteiger partial charge in [-0.1, -0.05) is 6.07 Å². The van der Waals surface area contributed by atoms with Gasteiger partial charge in [0.15, 0.2) is 11.5 Å². The van der Waals surface area contributed by atoms with Crippen LogP contribution in [-0.4, -0.2) is 41.6 Å². The van der Waals surface area contributed by atoms with Crippen molar-refractivity contribution < 1.29 is 19.1 Å². The molecule has 3 aromatic rings. The van der Waals surface area contributed by atoms with Gasteiger partial charge in [0, 0.05) is 41.7 Å². The second-order valence-corrected chi connectivity index (χ2v) is 8.35. The number of ether oxygens (including phenoxy) is 2. The summed E-state index contributed by atoms with van der Waals surface area (Å²) in [7, 11) is 0. The lowest BCUT2D eigenvalue weighted by Gasteiger charge is -2.31. The molecule has 1 fully saturated rings. The number of nitrogens with zero attached hydrogens (tertiary/aromatic N) is 1. The number of benzene rings is 2. The monoisotopic (exact) mass is 419 g/mol. The van der Waals surface area contributed by atoms with Crippen LogP contribution in [0.4, 0.5) is 5.69 Å². The number of hydrogen-bond donors (Lipinski definition) is 2. The number of amides is 2. The molecule has 2 aliphatic rings. The van der Waals surface area contributed by atoms with Crippen molar-refractivity contribution in [1.29, 1.82) is 0 Å². The molecule has 2 aromatic carbocycles. The number of carbonyl (C=O) groups is 2. The Hall–Kier alpha value is -3.48. The van der Waals surface area contributed by atoms with Crippen LogP contribution in [0.1, 0.15) is 34.5 Å². The maximum Gasteiger partial charge on any atom is 0.270 e. The van der Waals surface area contributed by atoms with Crippen molar-refractivity contribution in [2.24, 2.45) is 5.92 Å². The summed E-state index contributed by atoms with van der Waals surface area (Å²) in [6.45, 7) is 5.43. The fraction of sp³-hybridized carbons (Fsp3) is 0.333. The summed E-state index contributed by atoms with van der Waals surface area (Å²) in [6.07, 6.45) is 1.28. The van der Waals surface area contributed by atoms with Crippen molar-refractivity contribution in [3.05, 3.63) is 53.2 Å². The molecule has 0 radical (unpaired) electrons. The van der Waals surface area contributed by atoms with Crippen LogP contribution >= 0.6 is 0 Å². The molecule has 0 aliphatic carbocycles. The first-order valence-corrected chi connectivity index (χ1v) is 10.6. The Morgan fingerprint density at radius 2 is 1.81 bits per heavy atom. The fourth-order valence-corrected chi connectivity index (χ4v) is 4.45. The summed E-state index contributed by atoms with van der Waals surface area (Å²) < 4.78 is 10.7. The summed E-state index contributed by atoms with van der Waals surface area (Å²) in [5.74, 6) is 1.17. The first-order chi connectivity index (χ1) is 15.0. The molecule has 31 heavy (non-hydrogen) atoms. The quantitative estimate of drug-likeness (QED) is 0.672. The highest BCUT2D eigenvalue weighted by Crippen LogP contribution is 2.34. The van der Waals surface area contributed by atoms with Crippen LogP contribution in [0.3, 0.4) is 0 Å². The van der Waals surface area contributed by atoms with Gasteiger partial charge >= 0.3 is 0 Å². The van der Waals surface area contributed by atoms with Gasteiger partial charge in [-0.05, 0) is 62.1 Å². The molecule has 2 aliphatic heterocycles. The number of anilines is 1. The van der Waals surface area contributed by atoms with E-state index in [0.29, 0.717) is 48.8 Å². The lowest BCUT2D eigenvalue weighted by atomic mass is 9.95. The van der Waals surface area contributed by atoms with E-state index in [1.54, 1.807) is 12.1 Å². The zero-order valence-corrected chi connectivity index (χ0v) is 17.7. The molecule has 0 unspecified atom stereocenters. The number of fused-ring (bicyclic) bond motifs is 2. The van der Waals surface area contributed by atoms with Gasteiger partial charge in [0.25, 0.3) is 5.91 Å². The van der Waals surface area contributed by atoms with Crippen LogP contribution in [-0.2, 0) is 4.79 Å². The second-order valence-electron chi connectivity index (χ2n) is 8.35. The third kappa shape index (κ3) is 3.71. The number of aryl methyl sites for hydroxylation is 2. The van der Waals surface area contributed by atoms with E-state index in [1.807, 2.05) is 24.0 Å². The normalized spacial score (nSPS) is 16.0. The van der Waals surface area contributed by atoms with Crippen LogP contribution in [0.25, 0.3) is 10.9 Å². The van der Waals surface area contributed by atoms with Crippen LogP contribution < -0.4 is 14.8 Å². The number of aromatic nitrogens is 1. The molecule has 1 saturated heterocycles. The summed E-state index contributed by atoms with van der Waals surface area (Å²) in [5, 5.41) is 4.04. The van der Waals surface area contributed by atoms with E-state index in [4.69, 9.17) is 9.47 Å². The molecule has 7 heteroatoms. The maximum absolute atomic E-state index is 13.0. The van der Waals surface area contributed by atoms with Crippen LogP contribution in [0.15, 0.2) is 36.4 Å². The van der Waals surface area contributed by atoms with Crippen molar-refractivity contribution in [3.8, 4) is 11.5 Å². The standard InChI is InChI=1S/C24H25N3O4/c1-14-9-15(2)18-12-20(26-19(18)10-14)24(29)27-7-5-16(6-8-27)23(28)25-17-3-4-21-22(11-17)31-13-30-21/h3-4,9-12,16,26H,5-8,13H2,1-2H3,(H,25,28). The molecule has 160 valence electrons. The summed E-state index contributed by atoms with van der Waals surface area (Å²) in [5.41, 5.74) is 4.60. The van der Waals surface area contributed by atoms with Crippen LogP contribution in [0.5, 0.6) is 11.5 Å². The number of rotatable bonds is 3. The van der Waals surface area contributed by atoms with Gasteiger partial charge in [0.1, 0.15) is 5.69 Å². The van der Waals surface area contributed by atoms with Crippen LogP contribution in [0.2, 0.25) is 0 Å². The number of aromatic amines is 1. The van der Waals surface area contributed by atoms with E-state index >= 15 is 0 Å². The summed E-state index contributed by atoms with van der Waals surface area (Å²) in [4.78, 5) is 30.8. The van der Waals surface area contributed by atoms with Gasteiger partial charge < -0.3 is 24.7 Å². The molecule has 0 atom stereocenters. The molecule has 2 N–H and O–H groups in total. The average molecular weight is 419 g/mol. The van der Waals surface area contributed by atoms with Crippen LogP contribution in [0, 0.1) is 19.8 Å². The molecular weight excluding hydrogens is 394 g/mol. The highest BCUT2D eigenvalue weighted by Gasteiger charge is 2.29. The summed E-state index contributed by atoms with van der Waals surface area (Å²) in [6, 6.07) is 11.5. The Balaban J connectivity index is 1.21. The van der Waals surface area contributed by atoms with Gasteiger partial charge in [-0.2, -0.15) is 0 Å². The Bertz CT molecular complexity index is 1180. The predicted octanol–water partition coefficient (Wildman–Crippen LogP) is 4.00. The molecule has 5 rings (SSSR count). The Morgan fingerprint density at radius 3 is 2.61 bits per heavy atom. The lowest BCUT2D eigenvalue weighted by molar-refractivity contribution is -0.121. The minimum atomic E-state index is -0.123. The lowest BCUT2D eigenvalue weighted by Crippen LogP contribution is -2.41. The third-order valence-electron chi connectivity index (χ3n) is 6.11. The number of hydrogen-bond acceptors (Lipinski definition) is 4. The van der Waals surface area contributed by atoms with Crippen molar-refractivity contribution in [2.75, 3.05) is 25.2 Å². The first kappa shape index (κ1) is 19.5. The third-order valence-corrected chi connectivity index (χ3v) is 6.11. The molecule has 1 aromatic heterocycles. The zero-order chi connectivity index (χ0) is 21.5. The number of H-pyrrole nitrogens is 1. The molecule has 0 spiro atoms. The first-order valence-electron chi connectivity index (χ1n) is 10.6. The van der Waals surface area contributed by atoms with E-state index < -0.39 is 0 Å². The SMILES string of the molecule is Cc1cc(C)c2cc(C(=O)N3CCC(C(=O)Nc4ccc5c(c4)OCO5)CC3)[nH]c2c1. The highest BCUT2D eigenvalue weighted by atomic mass is 16.7. The van der Waals surface area contributed by atoms with Crippen molar-refractivity contribution in [3.63, 3.8) is 0 Å². The van der Waals surface area contributed by atoms with Gasteiger partial charge in [-0.3, -0.25) is 9.59 Å². The Kier molecular flexibility index (Phi) is 4.81. The van der Waals surface area contributed by atoms with E-state index in [1.165, 1.54) is 5.56 Å².